The van der Waals surface area contributed by atoms with Crippen LogP contribution in [0.1, 0.15) is 24.1 Å². The van der Waals surface area contributed by atoms with Crippen molar-refractivity contribution in [3.63, 3.8) is 0 Å². The van der Waals surface area contributed by atoms with Gasteiger partial charge in [0.2, 0.25) is 11.6 Å². The maximum absolute atomic E-state index is 12.9. The van der Waals surface area contributed by atoms with Crippen LogP contribution in [0.5, 0.6) is 0 Å². The zero-order valence-electron chi connectivity index (χ0n) is 18.0. The predicted octanol–water partition coefficient (Wildman–Crippen LogP) is 3.74. The van der Waals surface area contributed by atoms with Crippen molar-refractivity contribution in [3.8, 4) is 11.6 Å². The Bertz CT molecular complexity index is 1420. The predicted molar refractivity (Wildman–Crippen MR) is 120 cm³/mol. The third kappa shape index (κ3) is 5.01. The van der Waals surface area contributed by atoms with E-state index in [-0.39, 0.29) is 11.2 Å². The lowest BCUT2D eigenvalue weighted by atomic mass is 10.0. The molecule has 0 fully saturated rings. The molecule has 0 unspecified atom stereocenters. The van der Waals surface area contributed by atoms with Crippen molar-refractivity contribution < 1.29 is 17.7 Å². The van der Waals surface area contributed by atoms with Crippen LogP contribution in [0.25, 0.3) is 23.8 Å². The highest BCUT2D eigenvalue weighted by Gasteiger charge is 2.38. The molecule has 1 aromatic carbocycles. The molecule has 1 N–H and O–H groups in total. The maximum atomic E-state index is 12.9. The lowest BCUT2D eigenvalue weighted by Gasteiger charge is -2.11. The average Bonchev–Trinajstić information content (AvgIpc) is 3.34. The minimum atomic E-state index is -4.78. The molecule has 172 valence electrons. The second-order valence-corrected chi connectivity index (χ2v) is 7.09. The van der Waals surface area contributed by atoms with Gasteiger partial charge in [-0.2, -0.15) is 18.2 Å². The molecule has 4 aromatic rings. The molecule has 0 atom stereocenters. The van der Waals surface area contributed by atoms with Gasteiger partial charge in [-0.15, -0.1) is 0 Å². The number of nitrogens with one attached hydrogen (secondary N) is 1. The van der Waals surface area contributed by atoms with Gasteiger partial charge in [0.05, 0.1) is 17.6 Å². The zero-order chi connectivity index (χ0) is 24.1. The van der Waals surface area contributed by atoms with Gasteiger partial charge in [0.25, 0.3) is 0 Å². The van der Waals surface area contributed by atoms with Gasteiger partial charge in [-0.3, -0.25) is 4.98 Å². The standard InChI is InChI=1S/C24H19F3N6O/c1-3-9-18(16-10-5-4-6-11-16)19-15(2)30-21(22-32-23(34-33-22)24(25,26)27)31-20(19)29-14-17-12-7-8-13-28-17/h3-13H,2,14H2,1H3,(H,29,30,31)/b9-3-,19-18-. The fourth-order valence-electron chi connectivity index (χ4n) is 3.23. The molecule has 0 bridgehead atoms. The monoisotopic (exact) mass is 464 g/mol. The van der Waals surface area contributed by atoms with Gasteiger partial charge in [-0.05, 0) is 30.2 Å². The van der Waals surface area contributed by atoms with E-state index < -0.39 is 17.9 Å². The quantitative estimate of drug-likeness (QED) is 0.465. The second-order valence-electron chi connectivity index (χ2n) is 7.09. The number of alkyl halides is 3. The van der Waals surface area contributed by atoms with Crippen molar-refractivity contribution in [2.24, 2.45) is 0 Å². The molecular weight excluding hydrogens is 445 g/mol. The summed E-state index contributed by atoms with van der Waals surface area (Å²) in [4.78, 5) is 16.4. The number of nitrogens with zero attached hydrogens (tertiary/aromatic N) is 5. The first-order valence-corrected chi connectivity index (χ1v) is 10.2. The third-order valence-electron chi connectivity index (χ3n) is 4.70. The van der Waals surface area contributed by atoms with Gasteiger partial charge < -0.3 is 9.84 Å². The normalized spacial score (nSPS) is 12.7. The molecule has 3 aromatic heterocycles. The molecule has 0 saturated carbocycles. The zero-order valence-corrected chi connectivity index (χ0v) is 18.0. The molecule has 0 radical (unpaired) electrons. The third-order valence-corrected chi connectivity index (χ3v) is 4.70. The summed E-state index contributed by atoms with van der Waals surface area (Å²) in [6.07, 6.45) is 0.644. The van der Waals surface area contributed by atoms with E-state index in [1.54, 1.807) is 12.3 Å². The summed E-state index contributed by atoms with van der Waals surface area (Å²) in [7, 11) is 0. The van der Waals surface area contributed by atoms with E-state index >= 15 is 0 Å². The molecule has 3 heterocycles. The van der Waals surface area contributed by atoms with Crippen LogP contribution in [-0.2, 0) is 12.7 Å². The van der Waals surface area contributed by atoms with Crippen LogP contribution in [0.4, 0.5) is 19.0 Å². The highest BCUT2D eigenvalue weighted by molar-refractivity contribution is 5.76. The van der Waals surface area contributed by atoms with Gasteiger partial charge in [-0.1, -0.05) is 60.3 Å². The topological polar surface area (TPSA) is 89.6 Å². The van der Waals surface area contributed by atoms with Crippen LogP contribution in [0, 0.1) is 0 Å². The average molecular weight is 464 g/mol. The molecule has 10 heteroatoms. The summed E-state index contributed by atoms with van der Waals surface area (Å²) < 4.78 is 43.2. The van der Waals surface area contributed by atoms with E-state index in [0.717, 1.165) is 16.8 Å². The molecular formula is C24H19F3N6O. The number of allylic oxidation sites excluding steroid dienone is 2. The molecule has 4 rings (SSSR count). The molecule has 0 amide bonds. The molecule has 0 aliphatic rings. The Balaban J connectivity index is 1.91. The van der Waals surface area contributed by atoms with Crippen LogP contribution in [-0.4, -0.2) is 25.1 Å². The Hall–Kier alpha value is -4.34. The highest BCUT2D eigenvalue weighted by Crippen LogP contribution is 2.28. The number of halogens is 3. The Morgan fingerprint density at radius 1 is 1.03 bits per heavy atom. The summed E-state index contributed by atoms with van der Waals surface area (Å²) >= 11 is 0. The van der Waals surface area contributed by atoms with Crippen LogP contribution in [0.2, 0.25) is 0 Å². The van der Waals surface area contributed by atoms with Crippen molar-refractivity contribution in [1.29, 1.82) is 0 Å². The summed E-state index contributed by atoms with van der Waals surface area (Å²) in [6.45, 7) is 6.22. The Morgan fingerprint density at radius 3 is 2.44 bits per heavy atom. The maximum Gasteiger partial charge on any atom is 0.471 e. The van der Waals surface area contributed by atoms with Crippen molar-refractivity contribution in [2.45, 2.75) is 19.6 Å². The Kier molecular flexibility index (Phi) is 6.48. The molecule has 0 aliphatic heterocycles. The fourth-order valence-corrected chi connectivity index (χ4v) is 3.23. The first-order chi connectivity index (χ1) is 16.4. The molecule has 0 saturated heterocycles. The lowest BCUT2D eigenvalue weighted by Crippen LogP contribution is -2.34. The molecule has 7 nitrogen and oxygen atoms in total. The van der Waals surface area contributed by atoms with Crippen molar-refractivity contribution in [2.75, 3.05) is 5.32 Å². The van der Waals surface area contributed by atoms with Crippen LogP contribution >= 0.6 is 0 Å². The summed E-state index contributed by atoms with van der Waals surface area (Å²) in [5, 5.41) is 7.48. The minimum Gasteiger partial charge on any atom is -0.364 e. The van der Waals surface area contributed by atoms with Crippen LogP contribution in [0.15, 0.2) is 71.4 Å². The number of hydrogen-bond donors (Lipinski definition) is 1. The van der Waals surface area contributed by atoms with E-state index in [4.69, 9.17) is 0 Å². The summed E-state index contributed by atoms with van der Waals surface area (Å²) in [5.41, 5.74) is 2.42. The molecule has 0 aliphatic carbocycles. The number of rotatable bonds is 6. The van der Waals surface area contributed by atoms with Gasteiger partial charge in [-0.25, -0.2) is 9.97 Å². The van der Waals surface area contributed by atoms with Crippen LogP contribution in [0.3, 0.4) is 0 Å². The smallest absolute Gasteiger partial charge is 0.364 e. The number of aromatic nitrogens is 5. The number of hydrogen-bond acceptors (Lipinski definition) is 7. The van der Waals surface area contributed by atoms with Crippen molar-refractivity contribution >= 4 is 18.0 Å². The Labute approximate surface area is 192 Å². The van der Waals surface area contributed by atoms with E-state index in [1.165, 1.54) is 0 Å². The SMILES string of the molecule is C=c1nc(-c2noc(C(F)(F)F)n2)nc(NCc2ccccn2)/c1=C(/C=C\C)c1ccccc1. The first kappa shape index (κ1) is 22.8. The van der Waals surface area contributed by atoms with Gasteiger partial charge in [0.15, 0.2) is 0 Å². The number of benzene rings is 1. The van der Waals surface area contributed by atoms with Crippen molar-refractivity contribution in [1.82, 2.24) is 25.1 Å². The second kappa shape index (κ2) is 9.65. The largest absolute Gasteiger partial charge is 0.471 e. The highest BCUT2D eigenvalue weighted by atomic mass is 19.4. The first-order valence-electron chi connectivity index (χ1n) is 10.2. The van der Waals surface area contributed by atoms with Crippen LogP contribution < -0.4 is 15.9 Å². The lowest BCUT2D eigenvalue weighted by molar-refractivity contribution is -0.159. The van der Waals surface area contributed by atoms with E-state index in [9.17, 15) is 13.2 Å². The summed E-state index contributed by atoms with van der Waals surface area (Å²) in [5.74, 6) is -1.67. The Morgan fingerprint density at radius 2 is 1.79 bits per heavy atom. The van der Waals surface area contributed by atoms with E-state index in [1.807, 2.05) is 61.5 Å². The molecule has 34 heavy (non-hydrogen) atoms. The van der Waals surface area contributed by atoms with E-state index in [0.29, 0.717) is 17.6 Å². The fraction of sp³-hybridized carbons (Fsp3) is 0.125. The van der Waals surface area contributed by atoms with E-state index in [2.05, 4.69) is 41.5 Å². The van der Waals surface area contributed by atoms with Gasteiger partial charge in [0.1, 0.15) is 5.82 Å². The summed E-state index contributed by atoms with van der Waals surface area (Å²) in [6, 6.07) is 15.0. The number of pyridine rings is 1. The minimum absolute atomic E-state index is 0.149. The van der Waals surface area contributed by atoms with Gasteiger partial charge in [0, 0.05) is 11.4 Å². The number of anilines is 1. The molecule has 0 spiro atoms. The van der Waals surface area contributed by atoms with Crippen molar-refractivity contribution in [3.05, 3.63) is 94.6 Å². The van der Waals surface area contributed by atoms with Gasteiger partial charge >= 0.3 is 12.1 Å².